The van der Waals surface area contributed by atoms with Crippen molar-refractivity contribution in [1.82, 2.24) is 5.32 Å². The maximum atomic E-state index is 13.9. The van der Waals surface area contributed by atoms with Crippen LogP contribution in [0.15, 0.2) is 36.4 Å². The summed E-state index contributed by atoms with van der Waals surface area (Å²) in [4.78, 5) is 23.9. The number of nitrogens with one attached hydrogen (secondary N) is 1. The maximum Gasteiger partial charge on any atom is 0.330 e. The van der Waals surface area contributed by atoms with Crippen LogP contribution < -0.4 is 14.8 Å². The molecule has 144 valence electrons. The van der Waals surface area contributed by atoms with Crippen LogP contribution in [0.5, 0.6) is 11.5 Å². The van der Waals surface area contributed by atoms with Gasteiger partial charge in [-0.2, -0.15) is 0 Å². The predicted octanol–water partition coefficient (Wildman–Crippen LogP) is 3.51. The van der Waals surface area contributed by atoms with Gasteiger partial charge in [-0.25, -0.2) is 9.18 Å². The highest BCUT2D eigenvalue weighted by Gasteiger charge is 2.26. The summed E-state index contributed by atoms with van der Waals surface area (Å²) in [5.74, 6) is -2.47. The highest BCUT2D eigenvalue weighted by molar-refractivity contribution is 6.32. The van der Waals surface area contributed by atoms with Crippen molar-refractivity contribution in [3.8, 4) is 11.5 Å². The topological polar surface area (TPSA) is 84.9 Å². The Labute approximate surface area is 160 Å². The fourth-order valence-corrected chi connectivity index (χ4v) is 2.52. The number of hydrogen-bond acceptors (Lipinski definition) is 4. The standard InChI is InChI=1S/C19H19ClFNO5/c1-10-4-6-13(20)16(8-10)27-11(2)18(23)22-17(19(24)25)12-5-7-15(26-3)14(21)9-12/h4-9,11,17H,1-3H3,(H,22,23)(H,24,25). The van der Waals surface area contributed by atoms with E-state index in [0.717, 1.165) is 11.6 Å². The predicted molar refractivity (Wildman–Crippen MR) is 97.8 cm³/mol. The Morgan fingerprint density at radius 1 is 1.19 bits per heavy atom. The molecule has 0 aliphatic heterocycles. The molecule has 2 atom stereocenters. The van der Waals surface area contributed by atoms with E-state index in [4.69, 9.17) is 21.1 Å². The molecule has 0 bridgehead atoms. The van der Waals surface area contributed by atoms with Crippen LogP contribution in [-0.4, -0.2) is 30.2 Å². The summed E-state index contributed by atoms with van der Waals surface area (Å²) in [5.41, 5.74) is 0.953. The minimum Gasteiger partial charge on any atom is -0.494 e. The molecule has 0 saturated heterocycles. The summed E-state index contributed by atoms with van der Waals surface area (Å²) < 4.78 is 24.2. The molecule has 0 aliphatic carbocycles. The molecule has 0 aromatic heterocycles. The highest BCUT2D eigenvalue weighted by atomic mass is 35.5. The van der Waals surface area contributed by atoms with Crippen molar-refractivity contribution >= 4 is 23.5 Å². The van der Waals surface area contributed by atoms with Gasteiger partial charge in [0.25, 0.3) is 5.91 Å². The van der Waals surface area contributed by atoms with Crippen LogP contribution in [0.1, 0.15) is 24.1 Å². The molecule has 0 fully saturated rings. The lowest BCUT2D eigenvalue weighted by Crippen LogP contribution is -2.41. The zero-order chi connectivity index (χ0) is 20.1. The number of aliphatic carboxylic acids is 1. The fourth-order valence-electron chi connectivity index (χ4n) is 2.35. The van der Waals surface area contributed by atoms with E-state index in [0.29, 0.717) is 10.8 Å². The normalized spacial score (nSPS) is 12.8. The molecule has 6 nitrogen and oxygen atoms in total. The quantitative estimate of drug-likeness (QED) is 0.749. The molecule has 0 heterocycles. The molecule has 8 heteroatoms. The second-order valence-corrected chi connectivity index (χ2v) is 6.27. The first-order chi connectivity index (χ1) is 12.7. The minimum atomic E-state index is -1.45. The van der Waals surface area contributed by atoms with E-state index in [2.05, 4.69) is 5.32 Å². The molecular weight excluding hydrogens is 377 g/mol. The summed E-state index contributed by atoms with van der Waals surface area (Å²) in [5, 5.41) is 12.1. The average Bonchev–Trinajstić information content (AvgIpc) is 2.62. The molecular formula is C19H19ClFNO5. The van der Waals surface area contributed by atoms with Crippen LogP contribution in [0.25, 0.3) is 0 Å². The lowest BCUT2D eigenvalue weighted by Gasteiger charge is -2.20. The molecule has 2 unspecified atom stereocenters. The van der Waals surface area contributed by atoms with Crippen LogP contribution in [0.3, 0.4) is 0 Å². The highest BCUT2D eigenvalue weighted by Crippen LogP contribution is 2.27. The van der Waals surface area contributed by atoms with Gasteiger partial charge in [-0.15, -0.1) is 0 Å². The van der Waals surface area contributed by atoms with Gasteiger partial charge >= 0.3 is 5.97 Å². The molecule has 1 amide bonds. The van der Waals surface area contributed by atoms with E-state index in [1.165, 1.54) is 26.2 Å². The number of ether oxygens (including phenoxy) is 2. The number of carboxylic acids is 1. The van der Waals surface area contributed by atoms with Crippen molar-refractivity contribution in [2.75, 3.05) is 7.11 Å². The number of carboxylic acid groups (broad SMARTS) is 1. The van der Waals surface area contributed by atoms with Gasteiger partial charge in [-0.1, -0.05) is 23.7 Å². The van der Waals surface area contributed by atoms with E-state index in [1.54, 1.807) is 18.2 Å². The second-order valence-electron chi connectivity index (χ2n) is 5.87. The van der Waals surface area contributed by atoms with Crippen molar-refractivity contribution < 1.29 is 28.6 Å². The first-order valence-corrected chi connectivity index (χ1v) is 8.40. The van der Waals surface area contributed by atoms with Gasteiger partial charge in [0.05, 0.1) is 12.1 Å². The lowest BCUT2D eigenvalue weighted by atomic mass is 10.1. The SMILES string of the molecule is COc1ccc(C(NC(=O)C(C)Oc2cc(C)ccc2Cl)C(=O)O)cc1F. The number of aryl methyl sites for hydroxylation is 1. The summed E-state index contributed by atoms with van der Waals surface area (Å²) in [6.45, 7) is 3.30. The van der Waals surface area contributed by atoms with E-state index >= 15 is 0 Å². The fraction of sp³-hybridized carbons (Fsp3) is 0.263. The number of rotatable bonds is 7. The smallest absolute Gasteiger partial charge is 0.330 e. The van der Waals surface area contributed by atoms with Crippen molar-refractivity contribution in [3.63, 3.8) is 0 Å². The zero-order valence-corrected chi connectivity index (χ0v) is 15.7. The molecule has 0 aliphatic rings. The number of hydrogen-bond donors (Lipinski definition) is 2. The van der Waals surface area contributed by atoms with Gasteiger partial charge in [0.2, 0.25) is 0 Å². The first kappa shape index (κ1) is 20.5. The van der Waals surface area contributed by atoms with Gasteiger partial charge in [-0.05, 0) is 49.2 Å². The molecule has 2 aromatic rings. The Morgan fingerprint density at radius 3 is 2.48 bits per heavy atom. The number of amides is 1. The summed E-state index contributed by atoms with van der Waals surface area (Å²) in [6.07, 6.45) is -1.02. The summed E-state index contributed by atoms with van der Waals surface area (Å²) in [7, 11) is 1.30. The molecule has 2 N–H and O–H groups in total. The van der Waals surface area contributed by atoms with E-state index in [9.17, 15) is 19.1 Å². The van der Waals surface area contributed by atoms with Crippen LogP contribution in [0.2, 0.25) is 5.02 Å². The number of carbonyl (C=O) groups excluding carboxylic acids is 1. The molecule has 0 spiro atoms. The van der Waals surface area contributed by atoms with Crippen LogP contribution in [-0.2, 0) is 9.59 Å². The lowest BCUT2D eigenvalue weighted by molar-refractivity contribution is -0.143. The molecule has 27 heavy (non-hydrogen) atoms. The Kier molecular flexibility index (Phi) is 6.63. The number of carbonyl (C=O) groups is 2. The third-order valence-corrected chi connectivity index (χ3v) is 4.11. The van der Waals surface area contributed by atoms with E-state index in [1.807, 2.05) is 6.92 Å². The summed E-state index contributed by atoms with van der Waals surface area (Å²) in [6, 6.07) is 7.30. The first-order valence-electron chi connectivity index (χ1n) is 8.02. The van der Waals surface area contributed by atoms with Gasteiger partial charge in [-0.3, -0.25) is 4.79 Å². The monoisotopic (exact) mass is 395 g/mol. The van der Waals surface area contributed by atoms with Crippen LogP contribution in [0.4, 0.5) is 4.39 Å². The van der Waals surface area contributed by atoms with Crippen LogP contribution >= 0.6 is 11.6 Å². The Bertz CT molecular complexity index is 858. The largest absolute Gasteiger partial charge is 0.494 e. The van der Waals surface area contributed by atoms with Gasteiger partial charge in [0, 0.05) is 0 Å². The van der Waals surface area contributed by atoms with E-state index < -0.39 is 29.8 Å². The molecule has 0 saturated carbocycles. The molecule has 2 rings (SSSR count). The van der Waals surface area contributed by atoms with Crippen molar-refractivity contribution in [1.29, 1.82) is 0 Å². The average molecular weight is 396 g/mol. The van der Waals surface area contributed by atoms with Crippen molar-refractivity contribution in [3.05, 3.63) is 58.4 Å². The van der Waals surface area contributed by atoms with Crippen molar-refractivity contribution in [2.45, 2.75) is 26.0 Å². The third-order valence-electron chi connectivity index (χ3n) is 3.80. The Morgan fingerprint density at radius 2 is 1.89 bits per heavy atom. The third kappa shape index (κ3) is 5.10. The minimum absolute atomic E-state index is 0.0278. The second kappa shape index (κ2) is 8.73. The molecule has 0 radical (unpaired) electrons. The van der Waals surface area contributed by atoms with Gasteiger partial charge in [0.1, 0.15) is 5.75 Å². The van der Waals surface area contributed by atoms with Crippen LogP contribution in [0, 0.1) is 12.7 Å². The number of halogens is 2. The van der Waals surface area contributed by atoms with Crippen molar-refractivity contribution in [2.24, 2.45) is 0 Å². The Balaban J connectivity index is 2.15. The summed E-state index contributed by atoms with van der Waals surface area (Å²) >= 11 is 6.04. The van der Waals surface area contributed by atoms with E-state index in [-0.39, 0.29) is 11.3 Å². The number of benzene rings is 2. The zero-order valence-electron chi connectivity index (χ0n) is 15.0. The Hall–Kier alpha value is -2.80. The van der Waals surface area contributed by atoms with Gasteiger partial charge < -0.3 is 19.9 Å². The molecule has 2 aromatic carbocycles. The maximum absolute atomic E-state index is 13.9. The number of methoxy groups -OCH3 is 1. The van der Waals surface area contributed by atoms with Gasteiger partial charge in [0.15, 0.2) is 23.7 Å².